The van der Waals surface area contributed by atoms with Crippen LogP contribution in [0.1, 0.15) is 73.6 Å². The van der Waals surface area contributed by atoms with Crippen molar-refractivity contribution in [3.8, 4) is 0 Å². The van der Waals surface area contributed by atoms with Crippen molar-refractivity contribution in [3.63, 3.8) is 0 Å². The van der Waals surface area contributed by atoms with Crippen molar-refractivity contribution in [2.45, 2.75) is 166 Å². The lowest BCUT2D eigenvalue weighted by Gasteiger charge is -2.47. The second kappa shape index (κ2) is 23.5. The van der Waals surface area contributed by atoms with Gasteiger partial charge in [0.25, 0.3) is 0 Å². The van der Waals surface area contributed by atoms with Gasteiger partial charge in [0.1, 0.15) is 36.3 Å². The number of Topliss-reactive ketones (excluding diaryl/α,β-unsaturated/α-hetero) is 1. The minimum Gasteiger partial charge on any atom is -0.462 e. The van der Waals surface area contributed by atoms with E-state index in [1.165, 1.54) is 28.4 Å². The topological polar surface area (TPSA) is 222 Å². The number of allylic oxidation sites excluding steroid dienone is 1. The predicted molar refractivity (Wildman–Crippen MR) is 209 cm³/mol. The molecule has 2 saturated heterocycles. The average Bonchev–Trinajstić information content (AvgIpc) is 3.18. The first-order chi connectivity index (χ1) is 27.3. The van der Waals surface area contributed by atoms with E-state index in [0.717, 1.165) is 0 Å². The molecule has 0 aromatic heterocycles. The maximum Gasteiger partial charge on any atom is 0.308 e. The van der Waals surface area contributed by atoms with E-state index >= 15 is 0 Å². The Kier molecular flexibility index (Phi) is 20.5. The van der Waals surface area contributed by atoms with Gasteiger partial charge in [0.05, 0.1) is 55.7 Å². The van der Waals surface area contributed by atoms with Crippen molar-refractivity contribution in [3.05, 3.63) is 11.6 Å². The van der Waals surface area contributed by atoms with Gasteiger partial charge in [0, 0.05) is 59.0 Å². The van der Waals surface area contributed by atoms with Gasteiger partial charge in [0.15, 0.2) is 18.9 Å². The Morgan fingerprint density at radius 2 is 1.45 bits per heavy atom. The van der Waals surface area contributed by atoms with Crippen LogP contribution in [0.3, 0.4) is 0 Å². The van der Waals surface area contributed by atoms with Crippen molar-refractivity contribution >= 4 is 11.8 Å². The lowest BCUT2D eigenvalue weighted by molar-refractivity contribution is -0.306. The Morgan fingerprint density at radius 3 is 2.02 bits per heavy atom. The van der Waals surface area contributed by atoms with Gasteiger partial charge in [-0.15, -0.1) is 0 Å². The molecule has 0 amide bonds. The van der Waals surface area contributed by atoms with E-state index < -0.39 is 128 Å². The molecule has 0 bridgehead atoms. The fourth-order valence-corrected chi connectivity index (χ4v) is 8.48. The van der Waals surface area contributed by atoms with E-state index in [9.17, 15) is 35.1 Å². The first-order valence-corrected chi connectivity index (χ1v) is 20.5. The quantitative estimate of drug-likeness (QED) is 0.0999. The van der Waals surface area contributed by atoms with Crippen LogP contribution in [0.25, 0.3) is 0 Å². The first kappa shape index (κ1) is 50.7. The van der Waals surface area contributed by atoms with E-state index in [1.54, 1.807) is 66.6 Å². The molecule has 3 heterocycles. The number of carbonyl (C=O) groups excluding carboxylic acids is 2. The first-order valence-electron chi connectivity index (χ1n) is 20.5. The molecule has 3 rings (SSSR count). The van der Waals surface area contributed by atoms with Crippen LogP contribution in [-0.2, 0) is 52.2 Å². The van der Waals surface area contributed by atoms with Crippen LogP contribution in [-0.4, -0.2) is 183 Å². The normalized spacial score (nSPS) is 42.6. The van der Waals surface area contributed by atoms with Crippen molar-refractivity contribution in [2.24, 2.45) is 23.7 Å². The molecule has 5 N–H and O–H groups in total. The molecule has 0 spiro atoms. The molecule has 0 aromatic carbocycles. The van der Waals surface area contributed by atoms with Gasteiger partial charge in [-0.05, 0) is 59.2 Å². The Bertz CT molecular complexity index is 1280. The highest BCUT2D eigenvalue weighted by atomic mass is 16.7. The predicted octanol–water partition coefficient (Wildman–Crippen LogP) is 1.18. The van der Waals surface area contributed by atoms with Crippen molar-refractivity contribution < 1.29 is 77.8 Å². The number of ketones is 1. The zero-order valence-electron chi connectivity index (χ0n) is 36.5. The number of carbonyl (C=O) groups is 2. The van der Waals surface area contributed by atoms with Gasteiger partial charge in [-0.2, -0.15) is 0 Å². The third-order valence-corrected chi connectivity index (χ3v) is 12.3. The number of hydrogen-bond donors (Lipinski definition) is 5. The fourth-order valence-electron chi connectivity index (χ4n) is 8.48. The summed E-state index contributed by atoms with van der Waals surface area (Å²) in [6, 6.07) is -0.741. The number of cyclic esters (lactones) is 1. The van der Waals surface area contributed by atoms with Crippen LogP contribution < -0.4 is 0 Å². The van der Waals surface area contributed by atoms with E-state index in [4.69, 9.17) is 42.6 Å². The highest BCUT2D eigenvalue weighted by Gasteiger charge is 2.48. The summed E-state index contributed by atoms with van der Waals surface area (Å²) in [4.78, 5) is 29.3. The zero-order valence-corrected chi connectivity index (χ0v) is 36.5. The molecule has 0 aliphatic carbocycles. The van der Waals surface area contributed by atoms with Crippen LogP contribution >= 0.6 is 0 Å². The number of hydrogen-bond acceptors (Lipinski definition) is 17. The molecular formula is C41H73NO16. The molecular weight excluding hydrogens is 762 g/mol. The summed E-state index contributed by atoms with van der Waals surface area (Å²) >= 11 is 0. The Morgan fingerprint density at radius 1 is 0.845 bits per heavy atom. The van der Waals surface area contributed by atoms with Gasteiger partial charge < -0.3 is 73.1 Å². The number of likely N-dealkylation sites (N-methyl/N-ethyl adjacent to an activating group) is 1. The van der Waals surface area contributed by atoms with Gasteiger partial charge in [-0.25, -0.2) is 0 Å². The summed E-state index contributed by atoms with van der Waals surface area (Å²) in [5, 5.41) is 56.6. The van der Waals surface area contributed by atoms with E-state index in [0.29, 0.717) is 5.57 Å². The third kappa shape index (κ3) is 12.7. The molecule has 2 fully saturated rings. The SMILES string of the molecule is CC[C@H]1OC(=O)C[C@@H](O)[C@H](C)[C@@H](O[C@@H]2O[C@H](C)[C@@H](O)[C@H](N(C)C)[C@H]2O)C(CC(OC)OC)C[C@@H](C)C(=O)C/C=C(/C)C(O)[C@@H]1CO[C@@H]1O[C@H](C)[C@@H](O)[C@@H](OC)[C@H]1OC. The summed E-state index contributed by atoms with van der Waals surface area (Å²) in [7, 11) is 9.32. The molecule has 0 saturated carbocycles. The lowest BCUT2D eigenvalue weighted by atomic mass is 9.79. The summed E-state index contributed by atoms with van der Waals surface area (Å²) in [5.41, 5.74) is 0.461. The Balaban J connectivity index is 2.03. The Labute approximate surface area is 344 Å². The van der Waals surface area contributed by atoms with Crippen LogP contribution in [0, 0.1) is 23.7 Å². The Hall–Kier alpha value is -1.68. The molecule has 0 radical (unpaired) electrons. The van der Waals surface area contributed by atoms with Crippen molar-refractivity contribution in [2.75, 3.05) is 49.1 Å². The maximum absolute atomic E-state index is 13.9. The molecule has 3 aliphatic heterocycles. The minimum atomic E-state index is -1.34. The number of aliphatic hydroxyl groups excluding tert-OH is 5. The molecule has 338 valence electrons. The molecule has 18 atom stereocenters. The molecule has 17 heteroatoms. The number of rotatable bonds is 13. The van der Waals surface area contributed by atoms with Crippen LogP contribution in [0.4, 0.5) is 0 Å². The summed E-state index contributed by atoms with van der Waals surface area (Å²) in [6.45, 7) is 10.2. The molecule has 3 aliphatic rings. The fraction of sp³-hybridized carbons (Fsp3) is 0.902. The van der Waals surface area contributed by atoms with E-state index in [1.807, 2.05) is 0 Å². The number of aliphatic hydroxyl groups is 5. The molecule has 58 heavy (non-hydrogen) atoms. The summed E-state index contributed by atoms with van der Waals surface area (Å²) in [6.07, 6.45) is -11.7. The number of methoxy groups -OCH3 is 4. The smallest absolute Gasteiger partial charge is 0.308 e. The highest BCUT2D eigenvalue weighted by Crippen LogP contribution is 2.36. The average molecular weight is 836 g/mol. The van der Waals surface area contributed by atoms with E-state index in [-0.39, 0.29) is 38.1 Å². The lowest BCUT2D eigenvalue weighted by Crippen LogP contribution is -2.63. The zero-order chi connectivity index (χ0) is 43.6. The number of ether oxygens (including phenoxy) is 9. The third-order valence-electron chi connectivity index (χ3n) is 12.3. The van der Waals surface area contributed by atoms with Gasteiger partial charge in [-0.1, -0.05) is 26.8 Å². The van der Waals surface area contributed by atoms with Crippen LogP contribution in [0.5, 0.6) is 0 Å². The van der Waals surface area contributed by atoms with Gasteiger partial charge >= 0.3 is 5.97 Å². The molecule has 0 aromatic rings. The van der Waals surface area contributed by atoms with E-state index in [2.05, 4.69) is 0 Å². The largest absolute Gasteiger partial charge is 0.462 e. The van der Waals surface area contributed by atoms with Crippen LogP contribution in [0.2, 0.25) is 0 Å². The minimum absolute atomic E-state index is 0.0185. The second-order valence-electron chi connectivity index (χ2n) is 16.5. The molecule has 17 nitrogen and oxygen atoms in total. The van der Waals surface area contributed by atoms with Gasteiger partial charge in [0.2, 0.25) is 0 Å². The maximum atomic E-state index is 13.9. The summed E-state index contributed by atoms with van der Waals surface area (Å²) < 4.78 is 53.1. The number of esters is 1. The van der Waals surface area contributed by atoms with Crippen molar-refractivity contribution in [1.82, 2.24) is 4.90 Å². The van der Waals surface area contributed by atoms with Crippen LogP contribution in [0.15, 0.2) is 11.6 Å². The highest BCUT2D eigenvalue weighted by molar-refractivity contribution is 5.82. The monoisotopic (exact) mass is 835 g/mol. The molecule has 2 unspecified atom stereocenters. The summed E-state index contributed by atoms with van der Waals surface area (Å²) in [5.74, 6) is -3.59. The standard InChI is InChI=1S/C41H73NO16/c1-13-29-26(19-54-41-39(53-12)38(52-11)35(48)24(6)56-41)33(46)20(2)14-15-27(43)21(3)16-25(17-31(50-9)51-10)37(22(4)28(44)18-30(45)57-29)58-40-36(49)32(42(7)8)34(47)23(5)55-40/h14,21-26,28-29,31-41,44,46-49H,13,15-19H2,1-12H3/b20-14-/t21-,22+,23-,24-,25?,26-,28-,29-,32+,33?,34-,35-,36-,37-,38-,39-,40+,41-/m1/s1. The number of nitrogens with zero attached hydrogens (tertiary/aromatic N) is 1. The second-order valence-corrected chi connectivity index (χ2v) is 16.5. The van der Waals surface area contributed by atoms with Gasteiger partial charge in [-0.3, -0.25) is 9.59 Å². The van der Waals surface area contributed by atoms with Crippen molar-refractivity contribution in [1.29, 1.82) is 0 Å².